The molecule has 3 N–H and O–H groups in total. The number of nitrogens with two attached hydrogens (primary N) is 1. The van der Waals surface area contributed by atoms with Crippen molar-refractivity contribution in [1.82, 2.24) is 15.2 Å². The van der Waals surface area contributed by atoms with Crippen molar-refractivity contribution in [2.24, 2.45) is 0 Å². The number of nitrogen functional groups attached to an aromatic ring is 1. The van der Waals surface area contributed by atoms with Crippen molar-refractivity contribution in [1.29, 1.82) is 0 Å². The molecule has 68 valence electrons. The van der Waals surface area contributed by atoms with E-state index >= 15 is 0 Å². The molecule has 0 spiro atoms. The molecule has 0 unspecified atom stereocenters. The number of hydrogen-bond donors (Lipinski definition) is 2. The average molecular weight is 198 g/mol. The van der Waals surface area contributed by atoms with Gasteiger partial charge in [-0.15, -0.1) is 5.10 Å². The van der Waals surface area contributed by atoms with Crippen molar-refractivity contribution in [3.05, 3.63) is 16.2 Å². The average Bonchev–Trinajstić information content (AvgIpc) is 2.58. The number of anilines is 1. The largest absolute Gasteiger partial charge is 0.434 e. The fourth-order valence-electron chi connectivity index (χ4n) is 0.943. The summed E-state index contributed by atoms with van der Waals surface area (Å²) in [4.78, 5) is 15.3. The van der Waals surface area contributed by atoms with Crippen LogP contribution in [0, 0.1) is 6.92 Å². The molecule has 0 aliphatic rings. The highest BCUT2D eigenvalue weighted by atomic mass is 32.1. The lowest BCUT2D eigenvalue weighted by Crippen LogP contribution is -1.93. The van der Waals surface area contributed by atoms with Crippen LogP contribution in [0.3, 0.4) is 0 Å². The Hall–Kier alpha value is -1.63. The first-order chi connectivity index (χ1) is 6.16. The maximum Gasteiger partial charge on any atom is 0.434 e. The standard InChI is InChI=1S/C6H6N4O2S/c1-2-3(13-5(7)8-2)4-9-10-6(11)12-4/h1H3,(H2,7,8)(H,10,11). The van der Waals surface area contributed by atoms with Crippen LogP contribution < -0.4 is 11.5 Å². The second kappa shape index (κ2) is 2.70. The zero-order chi connectivity index (χ0) is 9.42. The van der Waals surface area contributed by atoms with E-state index in [1.807, 2.05) is 0 Å². The summed E-state index contributed by atoms with van der Waals surface area (Å²) in [5.41, 5.74) is 6.18. The first-order valence-corrected chi connectivity index (χ1v) is 4.27. The van der Waals surface area contributed by atoms with E-state index in [2.05, 4.69) is 15.2 Å². The summed E-state index contributed by atoms with van der Waals surface area (Å²) in [5.74, 6) is -0.349. The molecule has 6 nitrogen and oxygen atoms in total. The molecule has 0 aliphatic carbocycles. The highest BCUT2D eigenvalue weighted by Crippen LogP contribution is 2.28. The molecule has 0 fully saturated rings. The monoisotopic (exact) mass is 198 g/mol. The van der Waals surface area contributed by atoms with Crippen molar-refractivity contribution in [3.8, 4) is 10.8 Å². The normalized spacial score (nSPS) is 10.5. The van der Waals surface area contributed by atoms with Gasteiger partial charge in [0.1, 0.15) is 4.88 Å². The van der Waals surface area contributed by atoms with E-state index in [9.17, 15) is 4.79 Å². The van der Waals surface area contributed by atoms with E-state index < -0.39 is 5.76 Å². The maximum absolute atomic E-state index is 10.6. The summed E-state index contributed by atoms with van der Waals surface area (Å²) in [6.07, 6.45) is 0. The van der Waals surface area contributed by atoms with Crippen molar-refractivity contribution < 1.29 is 4.42 Å². The molecule has 2 rings (SSSR count). The minimum atomic E-state index is -0.582. The Morgan fingerprint density at radius 3 is 2.85 bits per heavy atom. The van der Waals surface area contributed by atoms with Gasteiger partial charge in [0, 0.05) is 0 Å². The third kappa shape index (κ3) is 1.33. The SMILES string of the molecule is Cc1nc(N)sc1-c1n[nH]c(=O)o1. The molecule has 0 saturated heterocycles. The molecule has 2 aromatic rings. The van der Waals surface area contributed by atoms with Gasteiger partial charge in [-0.2, -0.15) is 0 Å². The molecule has 2 heterocycles. The Kier molecular flexibility index (Phi) is 1.66. The van der Waals surface area contributed by atoms with Gasteiger partial charge in [-0.05, 0) is 6.92 Å². The quantitative estimate of drug-likeness (QED) is 0.690. The van der Waals surface area contributed by atoms with E-state index in [0.717, 1.165) is 0 Å². The third-order valence-corrected chi connectivity index (χ3v) is 2.42. The number of aromatic amines is 1. The predicted molar refractivity (Wildman–Crippen MR) is 47.4 cm³/mol. The Balaban J connectivity index is 2.57. The number of H-pyrrole nitrogens is 1. The summed E-state index contributed by atoms with van der Waals surface area (Å²) in [5, 5.41) is 6.27. The molecular formula is C6H6N4O2S. The molecule has 0 bridgehead atoms. The zero-order valence-electron chi connectivity index (χ0n) is 6.70. The van der Waals surface area contributed by atoms with Crippen LogP contribution in [0.4, 0.5) is 5.13 Å². The lowest BCUT2D eigenvalue weighted by Gasteiger charge is -1.85. The van der Waals surface area contributed by atoms with Crippen molar-refractivity contribution in [2.45, 2.75) is 6.92 Å². The van der Waals surface area contributed by atoms with E-state index in [-0.39, 0.29) is 5.89 Å². The number of nitrogens with zero attached hydrogens (tertiary/aromatic N) is 2. The number of hydrogen-bond acceptors (Lipinski definition) is 6. The van der Waals surface area contributed by atoms with Gasteiger partial charge in [0.15, 0.2) is 5.13 Å². The van der Waals surface area contributed by atoms with E-state index in [1.165, 1.54) is 11.3 Å². The summed E-state index contributed by atoms with van der Waals surface area (Å²) < 4.78 is 4.76. The van der Waals surface area contributed by atoms with Crippen LogP contribution in [0.2, 0.25) is 0 Å². The summed E-state index contributed by atoms with van der Waals surface area (Å²) in [6.45, 7) is 1.77. The molecular weight excluding hydrogens is 192 g/mol. The van der Waals surface area contributed by atoms with Gasteiger partial charge in [-0.1, -0.05) is 11.3 Å². The molecule has 13 heavy (non-hydrogen) atoms. The van der Waals surface area contributed by atoms with Gasteiger partial charge >= 0.3 is 5.76 Å². The van der Waals surface area contributed by atoms with Gasteiger partial charge in [-0.25, -0.2) is 14.9 Å². The maximum atomic E-state index is 10.6. The number of aromatic nitrogens is 3. The Morgan fingerprint density at radius 2 is 2.38 bits per heavy atom. The topological polar surface area (TPSA) is 97.8 Å². The first kappa shape index (κ1) is 7.99. The highest BCUT2D eigenvalue weighted by Gasteiger charge is 2.12. The van der Waals surface area contributed by atoms with Crippen LogP contribution in [0.1, 0.15) is 5.69 Å². The predicted octanol–water partition coefficient (Wildman–Crippen LogP) is 0.377. The number of aryl methyl sites for hydroxylation is 1. The molecule has 7 heteroatoms. The summed E-state index contributed by atoms with van der Waals surface area (Å²) in [7, 11) is 0. The van der Waals surface area contributed by atoms with Crippen LogP contribution in [0.25, 0.3) is 10.8 Å². The molecule has 0 amide bonds. The number of nitrogens with one attached hydrogen (secondary N) is 1. The summed E-state index contributed by atoms with van der Waals surface area (Å²) in [6, 6.07) is 0. The fraction of sp³-hybridized carbons (Fsp3) is 0.167. The minimum absolute atomic E-state index is 0.233. The van der Waals surface area contributed by atoms with Crippen molar-refractivity contribution >= 4 is 16.5 Å². The Bertz CT molecular complexity index is 483. The van der Waals surface area contributed by atoms with Gasteiger partial charge in [-0.3, -0.25) is 0 Å². The highest BCUT2D eigenvalue weighted by molar-refractivity contribution is 7.18. The second-order valence-corrected chi connectivity index (χ2v) is 3.42. The van der Waals surface area contributed by atoms with Crippen LogP contribution >= 0.6 is 11.3 Å². The number of rotatable bonds is 1. The van der Waals surface area contributed by atoms with Crippen LogP contribution in [0.15, 0.2) is 9.21 Å². The lowest BCUT2D eigenvalue weighted by molar-refractivity contribution is 0.527. The van der Waals surface area contributed by atoms with Crippen molar-refractivity contribution in [3.63, 3.8) is 0 Å². The van der Waals surface area contributed by atoms with E-state index in [0.29, 0.717) is 15.7 Å². The Morgan fingerprint density at radius 1 is 1.62 bits per heavy atom. The van der Waals surface area contributed by atoms with E-state index in [4.69, 9.17) is 10.2 Å². The van der Waals surface area contributed by atoms with Gasteiger partial charge in [0.05, 0.1) is 5.69 Å². The molecule has 0 aliphatic heterocycles. The molecule has 0 atom stereocenters. The lowest BCUT2D eigenvalue weighted by atomic mass is 10.4. The van der Waals surface area contributed by atoms with Crippen LogP contribution in [-0.2, 0) is 0 Å². The minimum Gasteiger partial charge on any atom is -0.387 e. The third-order valence-electron chi connectivity index (χ3n) is 1.45. The summed E-state index contributed by atoms with van der Waals surface area (Å²) >= 11 is 1.23. The second-order valence-electron chi connectivity index (χ2n) is 2.38. The van der Waals surface area contributed by atoms with E-state index in [1.54, 1.807) is 6.92 Å². The zero-order valence-corrected chi connectivity index (χ0v) is 7.51. The molecule has 0 aromatic carbocycles. The van der Waals surface area contributed by atoms with Crippen LogP contribution in [-0.4, -0.2) is 15.2 Å². The van der Waals surface area contributed by atoms with Gasteiger partial charge in [0.25, 0.3) is 5.89 Å². The first-order valence-electron chi connectivity index (χ1n) is 3.45. The Labute approximate surface area is 76.4 Å². The van der Waals surface area contributed by atoms with Crippen LogP contribution in [0.5, 0.6) is 0 Å². The van der Waals surface area contributed by atoms with Crippen molar-refractivity contribution in [2.75, 3.05) is 5.73 Å². The smallest absolute Gasteiger partial charge is 0.387 e. The molecule has 0 saturated carbocycles. The van der Waals surface area contributed by atoms with Gasteiger partial charge in [0.2, 0.25) is 0 Å². The molecule has 0 radical (unpaired) electrons. The number of thiazole rings is 1. The van der Waals surface area contributed by atoms with Gasteiger partial charge < -0.3 is 10.2 Å². The fourth-order valence-corrected chi connectivity index (χ4v) is 1.70. The molecule has 2 aromatic heterocycles.